The predicted octanol–water partition coefficient (Wildman–Crippen LogP) is 5.73. The SMILES string of the molecule is CCCOC(=O)c1cccc(CN2CCC(OC(c3ccccc3)c3ccc(C)cc3)CC2)n1. The number of esters is 1. The Morgan fingerprint density at radius 2 is 1.68 bits per heavy atom. The van der Waals surface area contributed by atoms with E-state index in [2.05, 4.69) is 65.3 Å². The van der Waals surface area contributed by atoms with Gasteiger partial charge in [-0.25, -0.2) is 9.78 Å². The van der Waals surface area contributed by atoms with Crippen LogP contribution in [-0.2, 0) is 16.0 Å². The molecule has 5 heteroatoms. The molecular formula is C29H34N2O3. The van der Waals surface area contributed by atoms with Crippen LogP contribution in [0.25, 0.3) is 0 Å². The van der Waals surface area contributed by atoms with Crippen molar-refractivity contribution in [1.82, 2.24) is 9.88 Å². The van der Waals surface area contributed by atoms with Crippen molar-refractivity contribution in [1.29, 1.82) is 0 Å². The molecule has 0 amide bonds. The molecule has 1 fully saturated rings. The molecule has 0 radical (unpaired) electrons. The maximum absolute atomic E-state index is 12.1. The number of aryl methyl sites for hydroxylation is 1. The van der Waals surface area contributed by atoms with Crippen molar-refractivity contribution in [2.45, 2.75) is 51.9 Å². The van der Waals surface area contributed by atoms with E-state index < -0.39 is 0 Å². The van der Waals surface area contributed by atoms with Gasteiger partial charge in [-0.3, -0.25) is 4.90 Å². The molecule has 0 spiro atoms. The fraction of sp³-hybridized carbons (Fsp3) is 0.379. The van der Waals surface area contributed by atoms with E-state index in [1.165, 1.54) is 16.7 Å². The Morgan fingerprint density at radius 3 is 2.38 bits per heavy atom. The van der Waals surface area contributed by atoms with Crippen LogP contribution in [0.1, 0.15) is 65.2 Å². The fourth-order valence-corrected chi connectivity index (χ4v) is 4.29. The number of pyridine rings is 1. The topological polar surface area (TPSA) is 51.7 Å². The number of carbonyl (C=O) groups is 1. The van der Waals surface area contributed by atoms with Crippen molar-refractivity contribution in [3.8, 4) is 0 Å². The van der Waals surface area contributed by atoms with Gasteiger partial charge < -0.3 is 9.47 Å². The minimum atomic E-state index is -0.348. The molecule has 1 atom stereocenters. The maximum Gasteiger partial charge on any atom is 0.356 e. The van der Waals surface area contributed by atoms with Crippen molar-refractivity contribution < 1.29 is 14.3 Å². The number of benzene rings is 2. The molecule has 1 aromatic heterocycles. The van der Waals surface area contributed by atoms with Crippen LogP contribution in [0, 0.1) is 6.92 Å². The van der Waals surface area contributed by atoms with E-state index in [0.717, 1.165) is 44.6 Å². The molecule has 2 heterocycles. The first-order chi connectivity index (χ1) is 16.6. The number of hydrogen-bond acceptors (Lipinski definition) is 5. The molecule has 0 aliphatic carbocycles. The van der Waals surface area contributed by atoms with Crippen LogP contribution in [0.2, 0.25) is 0 Å². The Bertz CT molecular complexity index is 1040. The largest absolute Gasteiger partial charge is 0.461 e. The maximum atomic E-state index is 12.1. The summed E-state index contributed by atoms with van der Waals surface area (Å²) in [6.45, 7) is 7.11. The van der Waals surface area contributed by atoms with Crippen molar-refractivity contribution in [3.63, 3.8) is 0 Å². The normalized spacial score (nSPS) is 15.7. The Balaban J connectivity index is 1.35. The summed E-state index contributed by atoms with van der Waals surface area (Å²) in [5, 5.41) is 0. The highest BCUT2D eigenvalue weighted by Crippen LogP contribution is 2.30. The van der Waals surface area contributed by atoms with Crippen molar-refractivity contribution in [2.75, 3.05) is 19.7 Å². The number of carbonyl (C=O) groups excluding carboxylic acids is 1. The quantitative estimate of drug-likeness (QED) is 0.384. The second kappa shape index (κ2) is 11.9. The Morgan fingerprint density at radius 1 is 0.971 bits per heavy atom. The highest BCUT2D eigenvalue weighted by molar-refractivity contribution is 5.87. The number of piperidine rings is 1. The summed E-state index contributed by atoms with van der Waals surface area (Å²) < 4.78 is 11.9. The van der Waals surface area contributed by atoms with Gasteiger partial charge in [-0.2, -0.15) is 0 Å². The van der Waals surface area contributed by atoms with Gasteiger partial charge in [-0.05, 0) is 49.4 Å². The summed E-state index contributed by atoms with van der Waals surface area (Å²) in [5.41, 5.74) is 4.90. The van der Waals surface area contributed by atoms with Crippen LogP contribution in [0.5, 0.6) is 0 Å². The minimum absolute atomic E-state index is 0.0640. The van der Waals surface area contributed by atoms with Gasteiger partial charge in [0.15, 0.2) is 0 Å². The molecule has 4 rings (SSSR count). The third-order valence-corrected chi connectivity index (χ3v) is 6.18. The molecule has 3 aromatic rings. The first kappa shape index (κ1) is 24.1. The van der Waals surface area contributed by atoms with Crippen molar-refractivity contribution in [3.05, 3.63) is 101 Å². The highest BCUT2D eigenvalue weighted by atomic mass is 16.5. The molecule has 2 aromatic carbocycles. The molecular weight excluding hydrogens is 424 g/mol. The van der Waals surface area contributed by atoms with Gasteiger partial charge in [0.1, 0.15) is 11.8 Å². The zero-order valence-electron chi connectivity index (χ0n) is 20.2. The van der Waals surface area contributed by atoms with Crippen LogP contribution in [0.15, 0.2) is 72.8 Å². The number of nitrogens with zero attached hydrogens (tertiary/aromatic N) is 2. The zero-order valence-corrected chi connectivity index (χ0v) is 20.2. The summed E-state index contributed by atoms with van der Waals surface area (Å²) in [5.74, 6) is -0.348. The van der Waals surface area contributed by atoms with E-state index in [-0.39, 0.29) is 18.2 Å². The van der Waals surface area contributed by atoms with Gasteiger partial charge in [0.05, 0.1) is 18.4 Å². The molecule has 34 heavy (non-hydrogen) atoms. The van der Waals surface area contributed by atoms with E-state index >= 15 is 0 Å². The average molecular weight is 459 g/mol. The lowest BCUT2D eigenvalue weighted by Gasteiger charge is -2.34. The molecule has 1 unspecified atom stereocenters. The zero-order chi connectivity index (χ0) is 23.8. The highest BCUT2D eigenvalue weighted by Gasteiger charge is 2.25. The Hall–Kier alpha value is -3.02. The minimum Gasteiger partial charge on any atom is -0.461 e. The second-order valence-corrected chi connectivity index (χ2v) is 8.96. The third-order valence-electron chi connectivity index (χ3n) is 6.18. The van der Waals surface area contributed by atoms with Crippen LogP contribution >= 0.6 is 0 Å². The van der Waals surface area contributed by atoms with Gasteiger partial charge in [0, 0.05) is 19.6 Å². The average Bonchev–Trinajstić information content (AvgIpc) is 2.88. The molecule has 0 saturated carbocycles. The number of hydrogen-bond donors (Lipinski definition) is 0. The monoisotopic (exact) mass is 458 g/mol. The van der Waals surface area contributed by atoms with Gasteiger partial charge in [0.25, 0.3) is 0 Å². The van der Waals surface area contributed by atoms with Crippen molar-refractivity contribution in [2.24, 2.45) is 0 Å². The van der Waals surface area contributed by atoms with Gasteiger partial charge in [-0.1, -0.05) is 73.2 Å². The molecule has 0 bridgehead atoms. The van der Waals surface area contributed by atoms with Crippen LogP contribution in [0.3, 0.4) is 0 Å². The fourth-order valence-electron chi connectivity index (χ4n) is 4.29. The van der Waals surface area contributed by atoms with Gasteiger partial charge in [0.2, 0.25) is 0 Å². The van der Waals surface area contributed by atoms with E-state index in [1.54, 1.807) is 6.07 Å². The summed E-state index contributed by atoms with van der Waals surface area (Å²) in [4.78, 5) is 19.0. The summed E-state index contributed by atoms with van der Waals surface area (Å²) in [6.07, 6.45) is 2.87. The third kappa shape index (κ3) is 6.52. The Labute approximate surface area is 202 Å². The number of aromatic nitrogens is 1. The lowest BCUT2D eigenvalue weighted by atomic mass is 9.99. The smallest absolute Gasteiger partial charge is 0.356 e. The molecule has 1 aliphatic heterocycles. The van der Waals surface area contributed by atoms with Gasteiger partial charge >= 0.3 is 5.97 Å². The molecule has 1 aliphatic rings. The molecule has 5 nitrogen and oxygen atoms in total. The van der Waals surface area contributed by atoms with Gasteiger partial charge in [-0.15, -0.1) is 0 Å². The lowest BCUT2D eigenvalue weighted by molar-refractivity contribution is -0.0283. The van der Waals surface area contributed by atoms with Crippen molar-refractivity contribution >= 4 is 5.97 Å². The number of likely N-dealkylation sites (tertiary alicyclic amines) is 1. The molecule has 1 saturated heterocycles. The Kier molecular flexibility index (Phi) is 8.45. The number of rotatable bonds is 9. The first-order valence-corrected chi connectivity index (χ1v) is 12.2. The molecule has 0 N–H and O–H groups in total. The number of ether oxygens (including phenoxy) is 2. The summed E-state index contributed by atoms with van der Waals surface area (Å²) >= 11 is 0. The van der Waals surface area contributed by atoms with Crippen LogP contribution in [-0.4, -0.2) is 41.7 Å². The van der Waals surface area contributed by atoms with Crippen LogP contribution in [0.4, 0.5) is 0 Å². The summed E-state index contributed by atoms with van der Waals surface area (Å²) in [6, 6.07) is 24.7. The van der Waals surface area contributed by atoms with E-state index in [1.807, 2.05) is 25.1 Å². The lowest BCUT2D eigenvalue weighted by Crippen LogP contribution is -2.37. The van der Waals surface area contributed by atoms with E-state index in [4.69, 9.17) is 9.47 Å². The van der Waals surface area contributed by atoms with E-state index in [0.29, 0.717) is 12.3 Å². The predicted molar refractivity (Wildman–Crippen MR) is 134 cm³/mol. The standard InChI is InChI=1S/C29H34N2O3/c1-3-20-33-29(32)27-11-7-10-25(30-27)21-31-18-16-26(17-19-31)34-28(23-8-5-4-6-9-23)24-14-12-22(2)13-15-24/h4-15,26,28H,3,16-21H2,1-2H3. The summed E-state index contributed by atoms with van der Waals surface area (Å²) in [7, 11) is 0. The second-order valence-electron chi connectivity index (χ2n) is 8.96. The van der Waals surface area contributed by atoms with Crippen LogP contribution < -0.4 is 0 Å². The molecule has 178 valence electrons. The van der Waals surface area contributed by atoms with E-state index in [9.17, 15) is 4.79 Å². The first-order valence-electron chi connectivity index (χ1n) is 12.2.